The summed E-state index contributed by atoms with van der Waals surface area (Å²) in [6, 6.07) is 9.24. The predicted molar refractivity (Wildman–Crippen MR) is 123 cm³/mol. The molecule has 2 amide bonds. The van der Waals surface area contributed by atoms with Crippen LogP contribution in [0.4, 0.5) is 17.5 Å². The third kappa shape index (κ3) is 4.09. The number of hydrogen-bond acceptors (Lipinski definition) is 7. The van der Waals surface area contributed by atoms with Gasteiger partial charge in [-0.2, -0.15) is 0 Å². The van der Waals surface area contributed by atoms with Crippen molar-refractivity contribution in [3.8, 4) is 11.3 Å². The highest BCUT2D eigenvalue weighted by molar-refractivity contribution is 6.04. The lowest BCUT2D eigenvalue weighted by atomic mass is 9.79. The van der Waals surface area contributed by atoms with Crippen LogP contribution in [0.15, 0.2) is 42.7 Å². The predicted octanol–water partition coefficient (Wildman–Crippen LogP) is 2.91. The van der Waals surface area contributed by atoms with Gasteiger partial charge in [-0.1, -0.05) is 19.9 Å². The molecule has 1 aliphatic heterocycles. The fourth-order valence-corrected chi connectivity index (χ4v) is 3.89. The second-order valence-corrected chi connectivity index (χ2v) is 8.30. The van der Waals surface area contributed by atoms with Crippen LogP contribution in [-0.2, 0) is 16.8 Å². The number of nitrogens with two attached hydrogens (primary N) is 1. The number of carbonyl (C=O) groups excluding carboxylic acids is 2. The fraction of sp³-hybridized carbons (Fsp3) is 0.261. The lowest BCUT2D eigenvalue weighted by Gasteiger charge is -2.31. The highest BCUT2D eigenvalue weighted by Crippen LogP contribution is 2.38. The van der Waals surface area contributed by atoms with Crippen LogP contribution in [0.3, 0.4) is 0 Å². The molecule has 9 nitrogen and oxygen atoms in total. The molecule has 0 saturated carbocycles. The van der Waals surface area contributed by atoms with Gasteiger partial charge in [0.15, 0.2) is 0 Å². The van der Waals surface area contributed by atoms with Crippen LogP contribution in [0.1, 0.15) is 41.8 Å². The zero-order valence-electron chi connectivity index (χ0n) is 18.2. The lowest BCUT2D eigenvalue weighted by molar-refractivity contribution is -0.117. The number of primary amides is 1. The molecule has 0 saturated heterocycles. The largest absolute Gasteiger partial charge is 0.373 e. The highest BCUT2D eigenvalue weighted by atomic mass is 16.2. The second kappa shape index (κ2) is 8.26. The number of fused-ring (bicyclic) bond motifs is 1. The molecule has 0 unspecified atom stereocenters. The van der Waals surface area contributed by atoms with Gasteiger partial charge in [0, 0.05) is 48.9 Å². The van der Waals surface area contributed by atoms with Crippen molar-refractivity contribution < 1.29 is 9.59 Å². The summed E-state index contributed by atoms with van der Waals surface area (Å²) in [4.78, 5) is 37.7. The van der Waals surface area contributed by atoms with Gasteiger partial charge in [-0.05, 0) is 29.8 Å². The number of rotatable bonds is 6. The van der Waals surface area contributed by atoms with Crippen molar-refractivity contribution >= 4 is 29.3 Å². The van der Waals surface area contributed by atoms with E-state index in [1.54, 1.807) is 25.5 Å². The van der Waals surface area contributed by atoms with Crippen LogP contribution in [0.5, 0.6) is 0 Å². The first-order valence-electron chi connectivity index (χ1n) is 10.3. The highest BCUT2D eigenvalue weighted by Gasteiger charge is 2.33. The minimum atomic E-state index is -0.620. The molecule has 0 bridgehead atoms. The van der Waals surface area contributed by atoms with Crippen molar-refractivity contribution in [1.29, 1.82) is 0 Å². The monoisotopic (exact) mass is 431 g/mol. The summed E-state index contributed by atoms with van der Waals surface area (Å²) < 4.78 is 0. The second-order valence-electron chi connectivity index (χ2n) is 8.30. The molecule has 164 valence electrons. The van der Waals surface area contributed by atoms with E-state index in [-0.39, 0.29) is 16.9 Å². The third-order valence-corrected chi connectivity index (χ3v) is 5.50. The van der Waals surface area contributed by atoms with E-state index in [9.17, 15) is 9.59 Å². The molecule has 4 heterocycles. The SMILES string of the molecule is CNc1cc(CNc2nccc(-c3ccc4c(n3)NC(=O)CC4(C)C)c2C(N)=O)ccn1. The first-order valence-corrected chi connectivity index (χ1v) is 10.3. The molecular formula is C23H25N7O2. The van der Waals surface area contributed by atoms with E-state index in [4.69, 9.17) is 5.73 Å². The topological polar surface area (TPSA) is 135 Å². The summed E-state index contributed by atoms with van der Waals surface area (Å²) in [7, 11) is 1.80. The maximum atomic E-state index is 12.4. The Labute approximate surface area is 185 Å². The van der Waals surface area contributed by atoms with Crippen molar-refractivity contribution in [2.75, 3.05) is 23.0 Å². The Bertz CT molecular complexity index is 1210. The van der Waals surface area contributed by atoms with Gasteiger partial charge in [0.2, 0.25) is 5.91 Å². The Balaban J connectivity index is 1.70. The smallest absolute Gasteiger partial charge is 0.253 e. The minimum Gasteiger partial charge on any atom is -0.373 e. The van der Waals surface area contributed by atoms with E-state index < -0.39 is 5.91 Å². The summed E-state index contributed by atoms with van der Waals surface area (Å²) >= 11 is 0. The van der Waals surface area contributed by atoms with Gasteiger partial charge in [0.05, 0.1) is 11.3 Å². The molecule has 0 aliphatic carbocycles. The van der Waals surface area contributed by atoms with E-state index in [0.29, 0.717) is 35.9 Å². The average molecular weight is 432 g/mol. The zero-order valence-corrected chi connectivity index (χ0v) is 18.2. The fourth-order valence-electron chi connectivity index (χ4n) is 3.89. The van der Waals surface area contributed by atoms with Gasteiger partial charge < -0.3 is 21.7 Å². The van der Waals surface area contributed by atoms with Crippen LogP contribution in [-0.4, -0.2) is 33.8 Å². The van der Waals surface area contributed by atoms with Crippen LogP contribution in [0, 0.1) is 0 Å². The molecule has 32 heavy (non-hydrogen) atoms. The molecule has 3 aromatic rings. The first-order chi connectivity index (χ1) is 15.3. The Morgan fingerprint density at radius 3 is 2.72 bits per heavy atom. The van der Waals surface area contributed by atoms with E-state index in [0.717, 1.165) is 16.9 Å². The average Bonchev–Trinajstić information content (AvgIpc) is 2.76. The van der Waals surface area contributed by atoms with E-state index in [1.807, 2.05) is 38.1 Å². The summed E-state index contributed by atoms with van der Waals surface area (Å²) in [5, 5.41) is 9.02. The van der Waals surface area contributed by atoms with Gasteiger partial charge in [0.25, 0.3) is 5.91 Å². The van der Waals surface area contributed by atoms with Crippen LogP contribution < -0.4 is 21.7 Å². The standard InChI is InChI=1S/C23H25N7O2/c1-23(2)11-18(31)30-21-15(23)4-5-16(29-21)14-7-9-27-22(19(14)20(24)32)28-12-13-6-8-26-17(10-13)25-3/h4-10H,11-12H2,1-3H3,(H2,24,32)(H,25,26)(H,27,28)(H,29,30,31). The normalized spacial score (nSPS) is 14.3. The van der Waals surface area contributed by atoms with Gasteiger partial charge in [-0.25, -0.2) is 15.0 Å². The molecule has 0 spiro atoms. The van der Waals surface area contributed by atoms with Gasteiger partial charge >= 0.3 is 0 Å². The van der Waals surface area contributed by atoms with Crippen molar-refractivity contribution in [3.63, 3.8) is 0 Å². The molecule has 0 radical (unpaired) electrons. The maximum absolute atomic E-state index is 12.4. The van der Waals surface area contributed by atoms with Crippen LogP contribution in [0.2, 0.25) is 0 Å². The number of hydrogen-bond donors (Lipinski definition) is 4. The van der Waals surface area contributed by atoms with E-state index in [1.165, 1.54) is 0 Å². The van der Waals surface area contributed by atoms with E-state index >= 15 is 0 Å². The maximum Gasteiger partial charge on any atom is 0.253 e. The van der Waals surface area contributed by atoms with Crippen molar-refractivity contribution in [1.82, 2.24) is 15.0 Å². The van der Waals surface area contributed by atoms with Crippen LogP contribution >= 0.6 is 0 Å². The summed E-state index contributed by atoms with van der Waals surface area (Å²) in [5.74, 6) is 0.899. The molecule has 0 atom stereocenters. The number of carbonyl (C=O) groups is 2. The zero-order chi connectivity index (χ0) is 22.9. The molecular weight excluding hydrogens is 406 g/mol. The Hall–Kier alpha value is -4.01. The summed E-state index contributed by atoms with van der Waals surface area (Å²) in [5.41, 5.74) is 8.64. The molecule has 4 rings (SSSR count). The Morgan fingerprint density at radius 2 is 1.97 bits per heavy atom. The molecule has 3 aromatic heterocycles. The molecule has 5 N–H and O–H groups in total. The van der Waals surface area contributed by atoms with Gasteiger partial charge in [-0.3, -0.25) is 9.59 Å². The number of pyridine rings is 3. The number of nitrogens with zero attached hydrogens (tertiary/aromatic N) is 3. The minimum absolute atomic E-state index is 0.0855. The quantitative estimate of drug-likeness (QED) is 0.471. The lowest BCUT2D eigenvalue weighted by Crippen LogP contribution is -2.33. The number of nitrogens with one attached hydrogen (secondary N) is 3. The molecule has 0 fully saturated rings. The Morgan fingerprint density at radius 1 is 1.19 bits per heavy atom. The molecule has 0 aromatic carbocycles. The Kier molecular flexibility index (Phi) is 5.48. The third-order valence-electron chi connectivity index (χ3n) is 5.50. The van der Waals surface area contributed by atoms with Crippen LogP contribution in [0.25, 0.3) is 11.3 Å². The van der Waals surface area contributed by atoms with Gasteiger partial charge in [-0.15, -0.1) is 0 Å². The molecule has 1 aliphatic rings. The summed E-state index contributed by atoms with van der Waals surface area (Å²) in [6.45, 7) is 4.44. The molecule has 9 heteroatoms. The number of aromatic nitrogens is 3. The van der Waals surface area contributed by atoms with Crippen molar-refractivity contribution in [2.45, 2.75) is 32.2 Å². The van der Waals surface area contributed by atoms with Gasteiger partial charge in [0.1, 0.15) is 17.5 Å². The van der Waals surface area contributed by atoms with Crippen molar-refractivity contribution in [2.24, 2.45) is 5.73 Å². The first kappa shape index (κ1) is 21.2. The number of amides is 2. The number of anilines is 3. The van der Waals surface area contributed by atoms with E-state index in [2.05, 4.69) is 30.9 Å². The summed E-state index contributed by atoms with van der Waals surface area (Å²) in [6.07, 6.45) is 3.69. The van der Waals surface area contributed by atoms with Crippen molar-refractivity contribution in [3.05, 3.63) is 59.4 Å².